The normalized spacial score (nSPS) is 19.9. The first-order chi connectivity index (χ1) is 12.9. The molecule has 0 saturated carbocycles. The number of nitrogens with zero attached hydrogens (tertiary/aromatic N) is 1. The Morgan fingerprint density at radius 2 is 2.04 bits per heavy atom. The molecule has 1 aliphatic heterocycles. The second-order valence-electron chi connectivity index (χ2n) is 6.54. The number of nitrogens with one attached hydrogen (secondary N) is 1. The van der Waals surface area contributed by atoms with E-state index >= 15 is 0 Å². The van der Waals surface area contributed by atoms with Gasteiger partial charge in [-0.05, 0) is 31.7 Å². The van der Waals surface area contributed by atoms with Gasteiger partial charge in [-0.25, -0.2) is 9.59 Å². The lowest BCUT2D eigenvalue weighted by Gasteiger charge is -2.36. The van der Waals surface area contributed by atoms with Gasteiger partial charge in [-0.15, -0.1) is 6.58 Å². The molecule has 1 N–H and O–H groups in total. The maximum atomic E-state index is 13.0. The van der Waals surface area contributed by atoms with E-state index in [1.807, 2.05) is 30.3 Å². The summed E-state index contributed by atoms with van der Waals surface area (Å²) < 4.78 is 10.1. The predicted octanol–water partition coefficient (Wildman–Crippen LogP) is 2.41. The van der Waals surface area contributed by atoms with Gasteiger partial charge in [0.15, 0.2) is 0 Å². The van der Waals surface area contributed by atoms with Gasteiger partial charge in [-0.3, -0.25) is 9.69 Å². The van der Waals surface area contributed by atoms with E-state index < -0.39 is 29.6 Å². The molecule has 1 aromatic carbocycles. The second-order valence-corrected chi connectivity index (χ2v) is 6.54. The molecule has 2 atom stereocenters. The summed E-state index contributed by atoms with van der Waals surface area (Å²) in [4.78, 5) is 38.7. The van der Waals surface area contributed by atoms with Crippen LogP contribution >= 0.6 is 0 Å². The number of likely N-dealkylation sites (tertiary alicyclic amines) is 1. The Labute approximate surface area is 159 Å². The Morgan fingerprint density at radius 3 is 2.67 bits per heavy atom. The van der Waals surface area contributed by atoms with Crippen LogP contribution in [-0.2, 0) is 25.7 Å². The highest BCUT2D eigenvalue weighted by Gasteiger charge is 2.50. The zero-order valence-electron chi connectivity index (χ0n) is 15.8. The Hall–Kier alpha value is -2.83. The molecule has 7 nitrogen and oxygen atoms in total. The van der Waals surface area contributed by atoms with Crippen LogP contribution in [-0.4, -0.2) is 48.1 Å². The van der Waals surface area contributed by atoms with Crippen LogP contribution in [0.4, 0.5) is 4.79 Å². The SMILES string of the molecule is C=CC[C@@]1(C(=O)N[C@@H](C)C(=O)OC)CCCN1C(=O)OCc1ccccc1. The molecule has 0 radical (unpaired) electrons. The molecule has 1 aromatic rings. The summed E-state index contributed by atoms with van der Waals surface area (Å²) in [5.41, 5.74) is -0.249. The van der Waals surface area contributed by atoms with Gasteiger partial charge in [0.2, 0.25) is 5.91 Å². The molecule has 0 spiro atoms. The largest absolute Gasteiger partial charge is 0.467 e. The monoisotopic (exact) mass is 374 g/mol. The van der Waals surface area contributed by atoms with Crippen LogP contribution in [0.5, 0.6) is 0 Å². The molecule has 0 bridgehead atoms. The molecular formula is C20H26N2O5. The second kappa shape index (κ2) is 9.21. The highest BCUT2D eigenvalue weighted by atomic mass is 16.6. The van der Waals surface area contributed by atoms with E-state index in [9.17, 15) is 14.4 Å². The number of carbonyl (C=O) groups excluding carboxylic acids is 3. The average molecular weight is 374 g/mol. The van der Waals surface area contributed by atoms with Crippen LogP contribution in [0.1, 0.15) is 31.7 Å². The van der Waals surface area contributed by atoms with Crippen LogP contribution in [0, 0.1) is 0 Å². The van der Waals surface area contributed by atoms with Crippen molar-refractivity contribution in [3.05, 3.63) is 48.6 Å². The molecule has 27 heavy (non-hydrogen) atoms. The molecule has 7 heteroatoms. The molecule has 0 aliphatic carbocycles. The van der Waals surface area contributed by atoms with Crippen molar-refractivity contribution in [2.45, 2.75) is 44.4 Å². The third-order valence-electron chi connectivity index (χ3n) is 4.72. The van der Waals surface area contributed by atoms with Crippen molar-refractivity contribution >= 4 is 18.0 Å². The average Bonchev–Trinajstić information content (AvgIpc) is 3.11. The fourth-order valence-corrected chi connectivity index (χ4v) is 3.29. The van der Waals surface area contributed by atoms with Crippen molar-refractivity contribution in [1.82, 2.24) is 10.2 Å². The number of methoxy groups -OCH3 is 1. The Morgan fingerprint density at radius 1 is 1.33 bits per heavy atom. The van der Waals surface area contributed by atoms with E-state index in [-0.39, 0.29) is 13.0 Å². The Kier molecular flexibility index (Phi) is 6.98. The number of ether oxygens (including phenoxy) is 2. The lowest BCUT2D eigenvalue weighted by Crippen LogP contribution is -2.59. The molecule has 1 fully saturated rings. The zero-order valence-corrected chi connectivity index (χ0v) is 15.8. The van der Waals surface area contributed by atoms with Crippen molar-refractivity contribution < 1.29 is 23.9 Å². The summed E-state index contributed by atoms with van der Waals surface area (Å²) >= 11 is 0. The number of hydrogen-bond donors (Lipinski definition) is 1. The summed E-state index contributed by atoms with van der Waals surface area (Å²) in [5, 5.41) is 2.65. The van der Waals surface area contributed by atoms with Crippen molar-refractivity contribution in [3.8, 4) is 0 Å². The Balaban J connectivity index is 2.13. The smallest absolute Gasteiger partial charge is 0.411 e. The van der Waals surface area contributed by atoms with Gasteiger partial charge < -0.3 is 14.8 Å². The predicted molar refractivity (Wildman–Crippen MR) is 99.7 cm³/mol. The van der Waals surface area contributed by atoms with E-state index in [0.717, 1.165) is 5.56 Å². The minimum atomic E-state index is -1.11. The maximum absolute atomic E-state index is 13.0. The molecule has 1 heterocycles. The van der Waals surface area contributed by atoms with Crippen LogP contribution in [0.3, 0.4) is 0 Å². The van der Waals surface area contributed by atoms with Crippen LogP contribution in [0.2, 0.25) is 0 Å². The summed E-state index contributed by atoms with van der Waals surface area (Å²) in [6.07, 6.45) is 2.45. The Bertz CT molecular complexity index is 691. The van der Waals surface area contributed by atoms with Crippen LogP contribution in [0.15, 0.2) is 43.0 Å². The van der Waals surface area contributed by atoms with Crippen molar-refractivity contribution in [2.75, 3.05) is 13.7 Å². The maximum Gasteiger partial charge on any atom is 0.411 e. The highest BCUT2D eigenvalue weighted by Crippen LogP contribution is 2.34. The first kappa shape index (κ1) is 20.5. The number of benzene rings is 1. The third-order valence-corrected chi connectivity index (χ3v) is 4.72. The summed E-state index contributed by atoms with van der Waals surface area (Å²) in [7, 11) is 1.26. The first-order valence-corrected chi connectivity index (χ1v) is 8.92. The van der Waals surface area contributed by atoms with Gasteiger partial charge in [0.25, 0.3) is 0 Å². The minimum absolute atomic E-state index is 0.126. The van der Waals surface area contributed by atoms with E-state index in [0.29, 0.717) is 19.4 Å². The summed E-state index contributed by atoms with van der Waals surface area (Å²) in [6, 6.07) is 8.52. The number of carbonyl (C=O) groups is 3. The van der Waals surface area contributed by atoms with Gasteiger partial charge >= 0.3 is 12.1 Å². The van der Waals surface area contributed by atoms with Crippen molar-refractivity contribution in [1.29, 1.82) is 0 Å². The zero-order chi connectivity index (χ0) is 19.9. The molecule has 2 amide bonds. The minimum Gasteiger partial charge on any atom is -0.467 e. The van der Waals surface area contributed by atoms with Gasteiger partial charge in [-0.1, -0.05) is 36.4 Å². The lowest BCUT2D eigenvalue weighted by atomic mass is 9.90. The summed E-state index contributed by atoms with van der Waals surface area (Å²) in [5.74, 6) is -0.956. The van der Waals surface area contributed by atoms with Crippen molar-refractivity contribution in [2.24, 2.45) is 0 Å². The molecule has 1 saturated heterocycles. The van der Waals surface area contributed by atoms with Gasteiger partial charge in [0.05, 0.1) is 7.11 Å². The molecule has 146 valence electrons. The fraction of sp³-hybridized carbons (Fsp3) is 0.450. The van der Waals surface area contributed by atoms with E-state index in [1.54, 1.807) is 13.0 Å². The van der Waals surface area contributed by atoms with E-state index in [4.69, 9.17) is 4.74 Å². The summed E-state index contributed by atoms with van der Waals surface area (Å²) in [6.45, 7) is 5.79. The molecule has 0 aromatic heterocycles. The number of rotatable bonds is 7. The first-order valence-electron chi connectivity index (χ1n) is 8.92. The molecule has 0 unspecified atom stereocenters. The van der Waals surface area contributed by atoms with E-state index in [1.165, 1.54) is 12.0 Å². The third kappa shape index (κ3) is 4.67. The topological polar surface area (TPSA) is 84.9 Å². The quantitative estimate of drug-likeness (QED) is 0.585. The van der Waals surface area contributed by atoms with Gasteiger partial charge in [-0.2, -0.15) is 0 Å². The number of esters is 1. The number of hydrogen-bond acceptors (Lipinski definition) is 5. The standard InChI is InChI=1S/C20H26N2O5/c1-4-11-20(18(24)21-15(2)17(23)26-3)12-8-13-22(20)19(25)27-14-16-9-6-5-7-10-16/h4-7,9-10,15H,1,8,11-14H2,2-3H3,(H,21,24)/t15-,20-/m0/s1. The van der Waals surface area contributed by atoms with Crippen molar-refractivity contribution in [3.63, 3.8) is 0 Å². The van der Waals surface area contributed by atoms with E-state index in [2.05, 4.69) is 16.6 Å². The van der Waals surface area contributed by atoms with Crippen LogP contribution < -0.4 is 5.32 Å². The highest BCUT2D eigenvalue weighted by molar-refractivity contribution is 5.93. The van der Waals surface area contributed by atoms with Gasteiger partial charge in [0, 0.05) is 6.54 Å². The number of amides is 2. The van der Waals surface area contributed by atoms with Crippen LogP contribution in [0.25, 0.3) is 0 Å². The fourth-order valence-electron chi connectivity index (χ4n) is 3.29. The molecule has 1 aliphatic rings. The molecular weight excluding hydrogens is 348 g/mol. The molecule has 2 rings (SSSR count). The van der Waals surface area contributed by atoms with Gasteiger partial charge in [0.1, 0.15) is 18.2 Å². The lowest BCUT2D eigenvalue weighted by molar-refractivity contribution is -0.146.